The molecule has 3 N–H and O–H groups in total. The highest BCUT2D eigenvalue weighted by Gasteiger charge is 2.27. The molecule has 2 aromatic carbocycles. The maximum Gasteiger partial charge on any atom is 0.249 e. The fourth-order valence-corrected chi connectivity index (χ4v) is 3.65. The van der Waals surface area contributed by atoms with Crippen molar-refractivity contribution in [1.82, 2.24) is 10.3 Å². The van der Waals surface area contributed by atoms with E-state index >= 15 is 0 Å². The molecule has 1 aromatic heterocycles. The second-order valence-electron chi connectivity index (χ2n) is 6.22. The minimum Gasteiger partial charge on any atom is -0.324 e. The number of benzene rings is 2. The van der Waals surface area contributed by atoms with Crippen molar-refractivity contribution in [1.29, 1.82) is 0 Å². The van der Waals surface area contributed by atoms with Crippen LogP contribution in [0.1, 0.15) is 12.0 Å². The van der Waals surface area contributed by atoms with Gasteiger partial charge in [-0.15, -0.1) is 0 Å². The molecule has 0 aliphatic carbocycles. The average Bonchev–Trinajstić information content (AvgIpc) is 3.03. The minimum absolute atomic E-state index is 0.00265. The van der Waals surface area contributed by atoms with E-state index in [-0.39, 0.29) is 24.2 Å². The van der Waals surface area contributed by atoms with E-state index in [1.165, 1.54) is 11.3 Å². The first-order chi connectivity index (χ1) is 13.1. The number of hydrogen-bond donors (Lipinski definition) is 3. The molecule has 1 aliphatic heterocycles. The molecule has 136 valence electrons. The first kappa shape index (κ1) is 17.2. The SMILES string of the molecule is Cc1cccc(NC(=O)[C@@H]2CC(=O)NC(Nc3nc4ccccc4s3)=N2)c1. The van der Waals surface area contributed by atoms with Crippen LogP contribution in [0.15, 0.2) is 53.5 Å². The highest BCUT2D eigenvalue weighted by atomic mass is 32.1. The lowest BCUT2D eigenvalue weighted by Crippen LogP contribution is -2.45. The van der Waals surface area contributed by atoms with Gasteiger partial charge in [0, 0.05) is 5.69 Å². The molecule has 7 nitrogen and oxygen atoms in total. The topological polar surface area (TPSA) is 95.5 Å². The molecule has 1 aliphatic rings. The van der Waals surface area contributed by atoms with Gasteiger partial charge in [-0.1, -0.05) is 35.6 Å². The molecule has 0 spiro atoms. The van der Waals surface area contributed by atoms with Gasteiger partial charge in [-0.2, -0.15) is 0 Å². The van der Waals surface area contributed by atoms with E-state index in [1.54, 1.807) is 6.07 Å². The summed E-state index contributed by atoms with van der Waals surface area (Å²) in [6, 6.07) is 14.4. The Hall–Kier alpha value is -3.26. The number of aliphatic imine (C=N–C) groups is 1. The van der Waals surface area contributed by atoms with Gasteiger partial charge in [0.1, 0.15) is 6.04 Å². The van der Waals surface area contributed by atoms with Crippen LogP contribution in [0.25, 0.3) is 10.2 Å². The van der Waals surface area contributed by atoms with Crippen molar-refractivity contribution in [3.63, 3.8) is 0 Å². The molecule has 4 rings (SSSR count). The second kappa shape index (κ2) is 7.16. The van der Waals surface area contributed by atoms with E-state index in [9.17, 15) is 9.59 Å². The molecule has 3 aromatic rings. The summed E-state index contributed by atoms with van der Waals surface area (Å²) in [5.41, 5.74) is 2.58. The number of fused-ring (bicyclic) bond motifs is 1. The Morgan fingerprint density at radius 2 is 2.07 bits per heavy atom. The summed E-state index contributed by atoms with van der Waals surface area (Å²) in [7, 11) is 0. The Morgan fingerprint density at radius 1 is 1.22 bits per heavy atom. The highest BCUT2D eigenvalue weighted by molar-refractivity contribution is 7.22. The quantitative estimate of drug-likeness (QED) is 0.652. The first-order valence-corrected chi connectivity index (χ1v) is 9.26. The molecule has 1 atom stereocenters. The Balaban J connectivity index is 1.51. The maximum absolute atomic E-state index is 12.5. The van der Waals surface area contributed by atoms with Crippen LogP contribution in [0.4, 0.5) is 10.8 Å². The third-order valence-electron chi connectivity index (χ3n) is 4.03. The van der Waals surface area contributed by atoms with Gasteiger partial charge in [-0.25, -0.2) is 9.98 Å². The number of para-hydroxylation sites is 1. The van der Waals surface area contributed by atoms with Crippen LogP contribution in [0.5, 0.6) is 0 Å². The van der Waals surface area contributed by atoms with Gasteiger partial charge in [0.15, 0.2) is 5.13 Å². The largest absolute Gasteiger partial charge is 0.324 e. The van der Waals surface area contributed by atoms with Crippen LogP contribution in [0, 0.1) is 6.92 Å². The van der Waals surface area contributed by atoms with Crippen molar-refractivity contribution in [2.75, 3.05) is 10.6 Å². The lowest BCUT2D eigenvalue weighted by molar-refractivity contribution is -0.124. The third-order valence-corrected chi connectivity index (χ3v) is 4.98. The smallest absolute Gasteiger partial charge is 0.249 e. The van der Waals surface area contributed by atoms with Crippen molar-refractivity contribution in [2.45, 2.75) is 19.4 Å². The van der Waals surface area contributed by atoms with Crippen molar-refractivity contribution in [2.24, 2.45) is 4.99 Å². The van der Waals surface area contributed by atoms with Crippen LogP contribution in [0.2, 0.25) is 0 Å². The fraction of sp³-hybridized carbons (Fsp3) is 0.158. The van der Waals surface area contributed by atoms with Crippen molar-refractivity contribution >= 4 is 50.1 Å². The average molecular weight is 379 g/mol. The summed E-state index contributed by atoms with van der Waals surface area (Å²) in [6.45, 7) is 1.95. The number of hydrogen-bond acceptors (Lipinski definition) is 6. The first-order valence-electron chi connectivity index (χ1n) is 8.44. The van der Waals surface area contributed by atoms with Crippen LogP contribution in [-0.4, -0.2) is 28.8 Å². The van der Waals surface area contributed by atoms with Gasteiger partial charge in [-0.3, -0.25) is 14.9 Å². The van der Waals surface area contributed by atoms with Gasteiger partial charge in [-0.05, 0) is 36.8 Å². The van der Waals surface area contributed by atoms with Gasteiger partial charge in [0.05, 0.1) is 16.6 Å². The molecule has 27 heavy (non-hydrogen) atoms. The summed E-state index contributed by atoms with van der Waals surface area (Å²) in [6.07, 6.45) is 0.00265. The zero-order chi connectivity index (χ0) is 18.8. The molecule has 0 fully saturated rings. The molecule has 2 heterocycles. The number of thiazole rings is 1. The lowest BCUT2D eigenvalue weighted by Gasteiger charge is -2.20. The predicted molar refractivity (Wildman–Crippen MR) is 107 cm³/mol. The molecular formula is C19H17N5O2S. The second-order valence-corrected chi connectivity index (χ2v) is 7.25. The van der Waals surface area contributed by atoms with Crippen LogP contribution in [-0.2, 0) is 9.59 Å². The Labute approximate surface area is 159 Å². The summed E-state index contributed by atoms with van der Waals surface area (Å²) in [5.74, 6) is -0.355. The molecule has 0 saturated carbocycles. The van der Waals surface area contributed by atoms with Crippen molar-refractivity contribution in [3.05, 3.63) is 54.1 Å². The summed E-state index contributed by atoms with van der Waals surface area (Å²) in [5, 5.41) is 9.08. The van der Waals surface area contributed by atoms with Crippen molar-refractivity contribution < 1.29 is 9.59 Å². The molecule has 0 radical (unpaired) electrons. The van der Waals surface area contributed by atoms with Gasteiger partial charge in [0.25, 0.3) is 0 Å². The highest BCUT2D eigenvalue weighted by Crippen LogP contribution is 2.25. The van der Waals surface area contributed by atoms with Crippen molar-refractivity contribution in [3.8, 4) is 0 Å². The summed E-state index contributed by atoms with van der Waals surface area (Å²) >= 11 is 1.45. The van der Waals surface area contributed by atoms with E-state index in [0.717, 1.165) is 15.8 Å². The fourth-order valence-electron chi connectivity index (χ4n) is 2.78. The number of amides is 2. The van der Waals surface area contributed by atoms with E-state index in [4.69, 9.17) is 0 Å². The number of aromatic nitrogens is 1. The normalized spacial score (nSPS) is 16.6. The number of guanidine groups is 1. The molecule has 2 amide bonds. The molecule has 8 heteroatoms. The zero-order valence-corrected chi connectivity index (χ0v) is 15.3. The monoisotopic (exact) mass is 379 g/mol. The maximum atomic E-state index is 12.5. The summed E-state index contributed by atoms with van der Waals surface area (Å²) in [4.78, 5) is 33.4. The minimum atomic E-state index is -0.795. The molecule has 0 bridgehead atoms. The Kier molecular flexibility index (Phi) is 4.55. The van der Waals surface area contributed by atoms with E-state index < -0.39 is 6.04 Å². The molecule has 0 saturated heterocycles. The Bertz CT molecular complexity index is 1030. The van der Waals surface area contributed by atoms with Crippen LogP contribution in [0.3, 0.4) is 0 Å². The summed E-state index contributed by atoms with van der Waals surface area (Å²) < 4.78 is 1.02. The number of carbonyl (C=O) groups excluding carboxylic acids is 2. The van der Waals surface area contributed by atoms with E-state index in [2.05, 4.69) is 25.9 Å². The van der Waals surface area contributed by atoms with Crippen LogP contribution < -0.4 is 16.0 Å². The van der Waals surface area contributed by atoms with Gasteiger partial charge >= 0.3 is 0 Å². The number of nitrogens with zero attached hydrogens (tertiary/aromatic N) is 2. The molecular weight excluding hydrogens is 362 g/mol. The number of carbonyl (C=O) groups is 2. The number of anilines is 2. The molecule has 0 unspecified atom stereocenters. The lowest BCUT2D eigenvalue weighted by atomic mass is 10.1. The zero-order valence-electron chi connectivity index (χ0n) is 14.5. The van der Waals surface area contributed by atoms with Crippen LogP contribution >= 0.6 is 11.3 Å². The number of aryl methyl sites for hydroxylation is 1. The van der Waals surface area contributed by atoms with Gasteiger partial charge in [0.2, 0.25) is 17.8 Å². The third kappa shape index (κ3) is 3.95. The van der Waals surface area contributed by atoms with E-state index in [1.807, 2.05) is 49.4 Å². The van der Waals surface area contributed by atoms with E-state index in [0.29, 0.717) is 10.8 Å². The predicted octanol–water partition coefficient (Wildman–Crippen LogP) is 2.90. The number of rotatable bonds is 3. The van der Waals surface area contributed by atoms with Gasteiger partial charge < -0.3 is 10.6 Å². The standard InChI is InChI=1S/C19H17N5O2S/c1-11-5-4-6-12(9-11)20-17(26)14-10-16(25)23-18(21-14)24-19-22-13-7-2-3-8-15(13)27-19/h2-9,14H,10H2,1H3,(H,20,26)(H2,21,22,23,24,25)/t14-/m0/s1. The number of nitrogens with one attached hydrogen (secondary N) is 3. The Morgan fingerprint density at radius 3 is 2.89 bits per heavy atom.